The van der Waals surface area contributed by atoms with Gasteiger partial charge in [0, 0.05) is 49.2 Å². The Morgan fingerprint density at radius 1 is 0.964 bits per heavy atom. The van der Waals surface area contributed by atoms with Crippen molar-refractivity contribution >= 4 is 34.5 Å². The third-order valence-electron chi connectivity index (χ3n) is 5.02. The van der Waals surface area contributed by atoms with E-state index in [0.717, 1.165) is 54.3 Å². The molecule has 0 bridgehead atoms. The number of aromatic nitrogens is 1. The fourth-order valence-electron chi connectivity index (χ4n) is 3.41. The second kappa shape index (κ2) is 8.55. The Labute approximate surface area is 170 Å². The molecule has 0 aliphatic carbocycles. The minimum absolute atomic E-state index is 0.0427. The Kier molecular flexibility index (Phi) is 5.70. The van der Waals surface area contributed by atoms with Crippen LogP contribution in [-0.2, 0) is 11.3 Å². The van der Waals surface area contributed by atoms with Crippen LogP contribution in [0.25, 0.3) is 17.0 Å². The maximum Gasteiger partial charge on any atom is 0.246 e. The van der Waals surface area contributed by atoms with E-state index in [4.69, 9.17) is 11.6 Å². The van der Waals surface area contributed by atoms with Crippen LogP contribution in [0.15, 0.2) is 66.7 Å². The highest BCUT2D eigenvalue weighted by molar-refractivity contribution is 6.30. The van der Waals surface area contributed by atoms with E-state index in [0.29, 0.717) is 0 Å². The molecule has 2 aromatic carbocycles. The van der Waals surface area contributed by atoms with Gasteiger partial charge in [-0.15, -0.1) is 0 Å². The molecule has 0 unspecified atom stereocenters. The number of carbonyl (C=O) groups excluding carboxylic acids is 1. The van der Waals surface area contributed by atoms with Crippen LogP contribution in [0.2, 0.25) is 5.02 Å². The number of para-hydroxylation sites is 1. The molecule has 1 fully saturated rings. The first-order valence-electron chi connectivity index (χ1n) is 9.47. The van der Waals surface area contributed by atoms with E-state index in [2.05, 4.69) is 22.0 Å². The van der Waals surface area contributed by atoms with E-state index in [1.165, 1.54) is 5.56 Å². The quantitative estimate of drug-likeness (QED) is 0.624. The topological polar surface area (TPSA) is 36.4 Å². The molecule has 4 rings (SSSR count). The first-order chi connectivity index (χ1) is 13.7. The summed E-state index contributed by atoms with van der Waals surface area (Å²) in [5.41, 5.74) is 2.98. The van der Waals surface area contributed by atoms with Crippen LogP contribution in [-0.4, -0.2) is 46.9 Å². The minimum Gasteiger partial charge on any atom is -0.337 e. The Balaban J connectivity index is 1.31. The number of carbonyl (C=O) groups is 1. The molecule has 1 aliphatic heterocycles. The van der Waals surface area contributed by atoms with Crippen molar-refractivity contribution in [2.75, 3.05) is 26.2 Å². The fraction of sp³-hybridized carbons (Fsp3) is 0.217. The average Bonchev–Trinajstić information content (AvgIpc) is 2.74. The van der Waals surface area contributed by atoms with Crippen LogP contribution in [0.4, 0.5) is 0 Å². The van der Waals surface area contributed by atoms with Crippen molar-refractivity contribution < 1.29 is 4.79 Å². The summed E-state index contributed by atoms with van der Waals surface area (Å²) in [6.45, 7) is 4.10. The third-order valence-corrected chi connectivity index (χ3v) is 5.27. The summed E-state index contributed by atoms with van der Waals surface area (Å²) in [7, 11) is 0. The number of hydrogen-bond acceptors (Lipinski definition) is 3. The highest BCUT2D eigenvalue weighted by atomic mass is 35.5. The van der Waals surface area contributed by atoms with Gasteiger partial charge in [0.1, 0.15) is 0 Å². The van der Waals surface area contributed by atoms with Gasteiger partial charge < -0.3 is 4.90 Å². The van der Waals surface area contributed by atoms with Crippen LogP contribution in [0.3, 0.4) is 0 Å². The van der Waals surface area contributed by atoms with Gasteiger partial charge in [-0.05, 0) is 35.9 Å². The van der Waals surface area contributed by atoms with Crippen molar-refractivity contribution in [3.63, 3.8) is 0 Å². The zero-order chi connectivity index (χ0) is 19.3. The number of pyridine rings is 1. The second-order valence-electron chi connectivity index (χ2n) is 6.99. The lowest BCUT2D eigenvalue weighted by atomic mass is 10.2. The number of piperazine rings is 1. The van der Waals surface area contributed by atoms with Gasteiger partial charge in [-0.2, -0.15) is 0 Å². The molecule has 2 heterocycles. The molecule has 28 heavy (non-hydrogen) atoms. The predicted molar refractivity (Wildman–Crippen MR) is 114 cm³/mol. The number of hydrogen-bond donors (Lipinski definition) is 0. The van der Waals surface area contributed by atoms with Gasteiger partial charge in [0.25, 0.3) is 0 Å². The summed E-state index contributed by atoms with van der Waals surface area (Å²) < 4.78 is 0. The number of nitrogens with zero attached hydrogens (tertiary/aromatic N) is 3. The molecule has 4 nitrogen and oxygen atoms in total. The molecule has 1 aromatic heterocycles. The van der Waals surface area contributed by atoms with E-state index in [1.54, 1.807) is 12.2 Å². The van der Waals surface area contributed by atoms with Gasteiger partial charge in [-0.25, -0.2) is 4.98 Å². The summed E-state index contributed by atoms with van der Waals surface area (Å²) in [6, 6.07) is 19.9. The predicted octanol–water partition coefficient (Wildman–Crippen LogP) is 4.25. The molecule has 0 spiro atoms. The van der Waals surface area contributed by atoms with Crippen LogP contribution in [0.1, 0.15) is 11.3 Å². The first kappa shape index (κ1) is 18.7. The number of halogens is 1. The zero-order valence-corrected chi connectivity index (χ0v) is 16.3. The Morgan fingerprint density at radius 3 is 2.50 bits per heavy atom. The van der Waals surface area contributed by atoms with Crippen LogP contribution in [0.5, 0.6) is 0 Å². The molecule has 0 radical (unpaired) electrons. The fourth-order valence-corrected chi connectivity index (χ4v) is 3.54. The van der Waals surface area contributed by atoms with Gasteiger partial charge in [0.2, 0.25) is 5.91 Å². The lowest BCUT2D eigenvalue weighted by Crippen LogP contribution is -2.47. The SMILES string of the molecule is O=C(/C=C/c1ccc2ccccc2n1)N1CCN(Cc2ccc(Cl)cc2)CC1. The van der Waals surface area contributed by atoms with Crippen molar-refractivity contribution in [2.45, 2.75) is 6.54 Å². The molecule has 142 valence electrons. The molecule has 1 amide bonds. The Hall–Kier alpha value is -2.69. The Bertz CT molecular complexity index is 992. The molecule has 0 saturated carbocycles. The van der Waals surface area contributed by atoms with Crippen molar-refractivity contribution in [2.24, 2.45) is 0 Å². The molecule has 1 aliphatic rings. The van der Waals surface area contributed by atoms with Crippen LogP contribution >= 0.6 is 11.6 Å². The largest absolute Gasteiger partial charge is 0.337 e. The summed E-state index contributed by atoms with van der Waals surface area (Å²) in [6.07, 6.45) is 3.43. The number of amides is 1. The standard InChI is InChI=1S/C23H22ClN3O/c24-20-8-5-18(6-9-20)17-26-13-15-27(16-14-26)23(28)12-11-21-10-7-19-3-1-2-4-22(19)25-21/h1-12H,13-17H2/b12-11+. The molecule has 5 heteroatoms. The first-order valence-corrected chi connectivity index (χ1v) is 9.85. The number of benzene rings is 2. The van der Waals surface area contributed by atoms with Crippen molar-refractivity contribution in [1.29, 1.82) is 0 Å². The molecule has 0 N–H and O–H groups in total. The summed E-state index contributed by atoms with van der Waals surface area (Å²) in [5, 5.41) is 1.86. The Morgan fingerprint density at radius 2 is 1.71 bits per heavy atom. The number of rotatable bonds is 4. The lowest BCUT2D eigenvalue weighted by Gasteiger charge is -2.34. The van der Waals surface area contributed by atoms with Crippen LogP contribution < -0.4 is 0 Å². The maximum absolute atomic E-state index is 12.5. The van der Waals surface area contributed by atoms with Crippen molar-refractivity contribution in [3.8, 4) is 0 Å². The second-order valence-corrected chi connectivity index (χ2v) is 7.43. The van der Waals surface area contributed by atoms with Gasteiger partial charge >= 0.3 is 0 Å². The van der Waals surface area contributed by atoms with Crippen molar-refractivity contribution in [3.05, 3.63) is 83.0 Å². The highest BCUT2D eigenvalue weighted by Crippen LogP contribution is 2.14. The molecule has 0 atom stereocenters. The van der Waals surface area contributed by atoms with Gasteiger partial charge in [0.05, 0.1) is 11.2 Å². The van der Waals surface area contributed by atoms with Gasteiger partial charge in [-0.3, -0.25) is 9.69 Å². The molecule has 3 aromatic rings. The number of fused-ring (bicyclic) bond motifs is 1. The molecule has 1 saturated heterocycles. The minimum atomic E-state index is 0.0427. The van der Waals surface area contributed by atoms with Crippen molar-refractivity contribution in [1.82, 2.24) is 14.8 Å². The highest BCUT2D eigenvalue weighted by Gasteiger charge is 2.19. The van der Waals surface area contributed by atoms with Gasteiger partial charge in [-0.1, -0.05) is 48.0 Å². The zero-order valence-electron chi connectivity index (χ0n) is 15.6. The van der Waals surface area contributed by atoms with E-state index in [1.807, 2.05) is 53.4 Å². The van der Waals surface area contributed by atoms with E-state index >= 15 is 0 Å². The van der Waals surface area contributed by atoms with E-state index in [9.17, 15) is 4.79 Å². The van der Waals surface area contributed by atoms with E-state index in [-0.39, 0.29) is 5.91 Å². The monoisotopic (exact) mass is 391 g/mol. The third kappa shape index (κ3) is 4.58. The summed E-state index contributed by atoms with van der Waals surface area (Å²) in [4.78, 5) is 21.4. The van der Waals surface area contributed by atoms with Gasteiger partial charge in [0.15, 0.2) is 0 Å². The maximum atomic E-state index is 12.5. The average molecular weight is 392 g/mol. The van der Waals surface area contributed by atoms with Crippen LogP contribution in [0, 0.1) is 0 Å². The summed E-state index contributed by atoms with van der Waals surface area (Å²) in [5.74, 6) is 0.0427. The molecular weight excluding hydrogens is 370 g/mol. The lowest BCUT2D eigenvalue weighted by molar-refractivity contribution is -0.127. The normalized spacial score (nSPS) is 15.4. The van der Waals surface area contributed by atoms with E-state index < -0.39 is 0 Å². The molecular formula is C23H22ClN3O. The summed E-state index contributed by atoms with van der Waals surface area (Å²) >= 11 is 5.94. The smallest absolute Gasteiger partial charge is 0.246 e.